The smallest absolute Gasteiger partial charge is 0.290 e. The van der Waals surface area contributed by atoms with Crippen molar-refractivity contribution in [2.24, 2.45) is 0 Å². The molecule has 134 valence electrons. The summed E-state index contributed by atoms with van der Waals surface area (Å²) >= 11 is 0. The number of amides is 3. The molecule has 0 fully saturated rings. The first-order valence-corrected chi connectivity index (χ1v) is 7.75. The Hall–Kier alpha value is -2.90. The van der Waals surface area contributed by atoms with Gasteiger partial charge in [0.25, 0.3) is 11.8 Å². The van der Waals surface area contributed by atoms with Gasteiger partial charge in [-0.15, -0.1) is 0 Å². The van der Waals surface area contributed by atoms with Crippen LogP contribution in [-0.4, -0.2) is 42.3 Å². The van der Waals surface area contributed by atoms with Gasteiger partial charge in [0.05, 0.1) is 25.6 Å². The second-order valence-electron chi connectivity index (χ2n) is 5.84. The standard InChI is InChI=1S/C17H20FN3O4/c1-10(2)21-9-13(15(25-3)17(21)24)16(23)20-19-14(22)8-11-4-6-12(18)7-5-11/h4-7,10H,8-9H2,1-3H3,(H,19,22)(H,20,23). The first kappa shape index (κ1) is 18.4. The van der Waals surface area contributed by atoms with Crippen molar-refractivity contribution in [2.75, 3.05) is 13.7 Å². The lowest BCUT2D eigenvalue weighted by Gasteiger charge is -2.20. The lowest BCUT2D eigenvalue weighted by molar-refractivity contribution is -0.129. The molecule has 0 bridgehead atoms. The highest BCUT2D eigenvalue weighted by molar-refractivity contribution is 6.07. The van der Waals surface area contributed by atoms with Gasteiger partial charge in [-0.3, -0.25) is 25.2 Å². The van der Waals surface area contributed by atoms with Crippen LogP contribution in [0.5, 0.6) is 0 Å². The number of carbonyl (C=O) groups is 3. The van der Waals surface area contributed by atoms with Crippen LogP contribution in [-0.2, 0) is 25.5 Å². The van der Waals surface area contributed by atoms with E-state index in [9.17, 15) is 18.8 Å². The average Bonchev–Trinajstić information content (AvgIpc) is 2.91. The maximum Gasteiger partial charge on any atom is 0.290 e. The number of hydrogen-bond acceptors (Lipinski definition) is 4. The Morgan fingerprint density at radius 2 is 1.88 bits per heavy atom. The van der Waals surface area contributed by atoms with E-state index >= 15 is 0 Å². The molecule has 1 aliphatic heterocycles. The van der Waals surface area contributed by atoms with Crippen molar-refractivity contribution in [3.8, 4) is 0 Å². The molecule has 0 radical (unpaired) electrons. The fourth-order valence-corrected chi connectivity index (χ4v) is 2.41. The quantitative estimate of drug-likeness (QED) is 0.765. The Labute approximate surface area is 144 Å². The van der Waals surface area contributed by atoms with E-state index < -0.39 is 17.6 Å². The van der Waals surface area contributed by atoms with Crippen molar-refractivity contribution in [1.29, 1.82) is 0 Å². The molecule has 1 aliphatic rings. The minimum atomic E-state index is -0.610. The van der Waals surface area contributed by atoms with Crippen LogP contribution in [0.4, 0.5) is 4.39 Å². The molecule has 7 nitrogen and oxygen atoms in total. The zero-order valence-electron chi connectivity index (χ0n) is 14.3. The van der Waals surface area contributed by atoms with Crippen molar-refractivity contribution < 1.29 is 23.5 Å². The highest BCUT2D eigenvalue weighted by atomic mass is 19.1. The topological polar surface area (TPSA) is 87.7 Å². The second kappa shape index (κ2) is 7.78. The van der Waals surface area contributed by atoms with Gasteiger partial charge in [-0.05, 0) is 31.5 Å². The fraction of sp³-hybridized carbons (Fsp3) is 0.353. The molecule has 0 spiro atoms. The molecule has 0 saturated carbocycles. The second-order valence-corrected chi connectivity index (χ2v) is 5.84. The third kappa shape index (κ3) is 4.34. The minimum Gasteiger partial charge on any atom is -0.491 e. The normalized spacial score (nSPS) is 14.1. The number of halogens is 1. The van der Waals surface area contributed by atoms with Gasteiger partial charge < -0.3 is 9.64 Å². The third-order valence-electron chi connectivity index (χ3n) is 3.75. The summed E-state index contributed by atoms with van der Waals surface area (Å²) in [5, 5.41) is 0. The summed E-state index contributed by atoms with van der Waals surface area (Å²) in [6, 6.07) is 5.39. The van der Waals surface area contributed by atoms with E-state index in [1.807, 2.05) is 13.8 Å². The lowest BCUT2D eigenvalue weighted by Crippen LogP contribution is -2.44. The van der Waals surface area contributed by atoms with Crippen molar-refractivity contribution in [1.82, 2.24) is 15.8 Å². The third-order valence-corrected chi connectivity index (χ3v) is 3.75. The summed E-state index contributed by atoms with van der Waals surface area (Å²) in [5.74, 6) is -1.86. The Morgan fingerprint density at radius 3 is 2.44 bits per heavy atom. The van der Waals surface area contributed by atoms with Gasteiger partial charge in [0.15, 0.2) is 5.76 Å². The molecule has 8 heteroatoms. The monoisotopic (exact) mass is 349 g/mol. The number of hydrazine groups is 1. The summed E-state index contributed by atoms with van der Waals surface area (Å²) in [6.45, 7) is 3.77. The molecule has 1 aromatic rings. The van der Waals surface area contributed by atoms with Crippen LogP contribution < -0.4 is 10.9 Å². The Balaban J connectivity index is 1.95. The molecule has 2 rings (SSSR count). The molecule has 2 N–H and O–H groups in total. The van der Waals surface area contributed by atoms with Crippen LogP contribution in [0.25, 0.3) is 0 Å². The van der Waals surface area contributed by atoms with Gasteiger partial charge in [0.2, 0.25) is 5.91 Å². The predicted octanol–water partition coefficient (Wildman–Crippen LogP) is 0.667. The first-order valence-electron chi connectivity index (χ1n) is 7.75. The summed E-state index contributed by atoms with van der Waals surface area (Å²) in [6.07, 6.45) is -0.0200. The molecule has 3 amide bonds. The van der Waals surface area contributed by atoms with Crippen LogP contribution in [0.3, 0.4) is 0 Å². The summed E-state index contributed by atoms with van der Waals surface area (Å²) in [5.41, 5.74) is 5.30. The molecular formula is C17H20FN3O4. The number of rotatable bonds is 5. The number of benzene rings is 1. The number of nitrogens with one attached hydrogen (secondary N) is 2. The molecule has 0 saturated heterocycles. The molecule has 0 atom stereocenters. The number of hydrogen-bond donors (Lipinski definition) is 2. The van der Waals surface area contributed by atoms with Crippen LogP contribution in [0.1, 0.15) is 19.4 Å². The maximum absolute atomic E-state index is 12.8. The van der Waals surface area contributed by atoms with Gasteiger partial charge in [0, 0.05) is 6.04 Å². The van der Waals surface area contributed by atoms with Crippen LogP contribution >= 0.6 is 0 Å². The van der Waals surface area contributed by atoms with E-state index in [1.54, 1.807) is 0 Å². The Kier molecular flexibility index (Phi) is 5.74. The van der Waals surface area contributed by atoms with E-state index in [-0.39, 0.29) is 36.2 Å². The zero-order chi connectivity index (χ0) is 18.6. The molecule has 25 heavy (non-hydrogen) atoms. The van der Waals surface area contributed by atoms with Crippen LogP contribution in [0.2, 0.25) is 0 Å². The average molecular weight is 349 g/mol. The number of ether oxygens (including phenoxy) is 1. The van der Waals surface area contributed by atoms with Gasteiger partial charge in [-0.25, -0.2) is 4.39 Å². The van der Waals surface area contributed by atoms with E-state index in [2.05, 4.69) is 10.9 Å². The van der Waals surface area contributed by atoms with E-state index in [0.717, 1.165) is 0 Å². The molecule has 1 heterocycles. The first-order chi connectivity index (χ1) is 11.8. The zero-order valence-corrected chi connectivity index (χ0v) is 14.3. The van der Waals surface area contributed by atoms with Crippen molar-refractivity contribution in [3.63, 3.8) is 0 Å². The van der Waals surface area contributed by atoms with Crippen molar-refractivity contribution in [3.05, 3.63) is 47.0 Å². The number of methoxy groups -OCH3 is 1. The van der Waals surface area contributed by atoms with E-state index in [4.69, 9.17) is 4.74 Å². The lowest BCUT2D eigenvalue weighted by atomic mass is 10.1. The van der Waals surface area contributed by atoms with E-state index in [0.29, 0.717) is 5.56 Å². The highest BCUT2D eigenvalue weighted by Crippen LogP contribution is 2.21. The SMILES string of the molecule is COC1=C(C(=O)NNC(=O)Cc2ccc(F)cc2)CN(C(C)C)C1=O. The molecular weight excluding hydrogens is 329 g/mol. The van der Waals surface area contributed by atoms with E-state index in [1.165, 1.54) is 36.3 Å². The van der Waals surface area contributed by atoms with Gasteiger partial charge in [-0.1, -0.05) is 12.1 Å². The van der Waals surface area contributed by atoms with Crippen molar-refractivity contribution in [2.45, 2.75) is 26.3 Å². The summed E-state index contributed by atoms with van der Waals surface area (Å²) in [4.78, 5) is 37.7. The summed E-state index contributed by atoms with van der Waals surface area (Å²) < 4.78 is 17.9. The van der Waals surface area contributed by atoms with Crippen molar-refractivity contribution >= 4 is 17.7 Å². The molecule has 0 aliphatic carbocycles. The van der Waals surface area contributed by atoms with Crippen LogP contribution in [0.15, 0.2) is 35.6 Å². The maximum atomic E-state index is 12.8. The van der Waals surface area contributed by atoms with Gasteiger partial charge in [-0.2, -0.15) is 0 Å². The highest BCUT2D eigenvalue weighted by Gasteiger charge is 2.36. The number of nitrogens with zero attached hydrogens (tertiary/aromatic N) is 1. The number of carbonyl (C=O) groups excluding carboxylic acids is 3. The largest absolute Gasteiger partial charge is 0.491 e. The van der Waals surface area contributed by atoms with Gasteiger partial charge in [0.1, 0.15) is 5.82 Å². The van der Waals surface area contributed by atoms with Gasteiger partial charge >= 0.3 is 0 Å². The predicted molar refractivity (Wildman–Crippen MR) is 87.3 cm³/mol. The molecule has 0 unspecified atom stereocenters. The molecule has 1 aromatic carbocycles. The molecule has 0 aromatic heterocycles. The van der Waals surface area contributed by atoms with Crippen LogP contribution in [0, 0.1) is 5.82 Å². The fourth-order valence-electron chi connectivity index (χ4n) is 2.41. The summed E-state index contributed by atoms with van der Waals surface area (Å²) in [7, 11) is 1.32. The Bertz CT molecular complexity index is 713. The Morgan fingerprint density at radius 1 is 1.24 bits per heavy atom. The minimum absolute atomic E-state index is 0.0200.